The molecule has 2 bridgehead atoms. The summed E-state index contributed by atoms with van der Waals surface area (Å²) in [5.41, 5.74) is 1.12. The van der Waals surface area contributed by atoms with Gasteiger partial charge in [-0.1, -0.05) is 30.3 Å². The molecule has 4 heteroatoms. The topological polar surface area (TPSA) is 52.9 Å². The zero-order valence-corrected chi connectivity index (χ0v) is 10.3. The van der Waals surface area contributed by atoms with Crippen molar-refractivity contribution in [3.05, 3.63) is 35.9 Å². The monoisotopic (exact) mass is 249 g/mol. The average molecular weight is 249 g/mol. The van der Waals surface area contributed by atoms with E-state index in [1.807, 2.05) is 30.3 Å². The molecule has 2 N–H and O–H groups in total. The smallest absolute Gasteiger partial charge is 0.0874 e. The van der Waals surface area contributed by atoms with E-state index in [1.54, 1.807) is 0 Å². The molecule has 1 aromatic rings. The fourth-order valence-electron chi connectivity index (χ4n) is 3.08. The van der Waals surface area contributed by atoms with Gasteiger partial charge in [0.25, 0.3) is 0 Å². The lowest BCUT2D eigenvalue weighted by atomic mass is 10.0. The van der Waals surface area contributed by atoms with E-state index in [9.17, 15) is 10.3 Å². The molecule has 0 saturated carbocycles. The predicted octanol–water partition coefficient (Wildman–Crippen LogP) is 1.56. The Morgan fingerprint density at radius 2 is 2.00 bits per heavy atom. The molecular weight excluding hydrogens is 230 g/mol. The van der Waals surface area contributed by atoms with Gasteiger partial charge >= 0.3 is 0 Å². The lowest BCUT2D eigenvalue weighted by Crippen LogP contribution is -2.49. The fourth-order valence-corrected chi connectivity index (χ4v) is 3.08. The number of hydrogen-bond donors (Lipinski definition) is 2. The average Bonchev–Trinajstić information content (AvgIpc) is 2.60. The maximum absolute atomic E-state index is 9.95. The third-order valence-electron chi connectivity index (χ3n) is 4.06. The standard InChI is InChI=1S/C14H19NO3/c16-12-7-6-11-8-13(14(12)15(11)17)18-9-10-4-2-1-3-5-10/h1-5,11-14,16-17H,6-9H2/t11-,12+,13+,14+/m0/s1. The van der Waals surface area contributed by atoms with Crippen molar-refractivity contribution in [3.8, 4) is 0 Å². The zero-order valence-electron chi connectivity index (χ0n) is 10.3. The normalized spacial score (nSPS) is 35.9. The van der Waals surface area contributed by atoms with Crippen molar-refractivity contribution in [2.24, 2.45) is 0 Å². The van der Waals surface area contributed by atoms with Crippen molar-refractivity contribution in [1.82, 2.24) is 5.06 Å². The van der Waals surface area contributed by atoms with Crippen molar-refractivity contribution in [1.29, 1.82) is 0 Å². The lowest BCUT2D eigenvalue weighted by molar-refractivity contribution is -0.193. The van der Waals surface area contributed by atoms with Crippen LogP contribution in [0.3, 0.4) is 0 Å². The number of nitrogens with zero attached hydrogens (tertiary/aromatic N) is 1. The number of aliphatic hydroxyl groups is 1. The Kier molecular flexibility index (Phi) is 3.35. The van der Waals surface area contributed by atoms with Crippen LogP contribution in [0, 0.1) is 0 Å². The van der Waals surface area contributed by atoms with Crippen LogP contribution in [0.15, 0.2) is 30.3 Å². The Morgan fingerprint density at radius 1 is 1.22 bits per heavy atom. The van der Waals surface area contributed by atoms with Crippen LogP contribution < -0.4 is 0 Å². The number of fused-ring (bicyclic) bond motifs is 2. The van der Waals surface area contributed by atoms with Crippen molar-refractivity contribution in [3.63, 3.8) is 0 Å². The predicted molar refractivity (Wildman–Crippen MR) is 66.1 cm³/mol. The third-order valence-corrected chi connectivity index (χ3v) is 4.06. The number of hydrogen-bond acceptors (Lipinski definition) is 4. The van der Waals surface area contributed by atoms with E-state index in [2.05, 4.69) is 0 Å². The second kappa shape index (κ2) is 4.97. The maximum Gasteiger partial charge on any atom is 0.0874 e. The quantitative estimate of drug-likeness (QED) is 0.853. The molecule has 98 valence electrons. The van der Waals surface area contributed by atoms with Gasteiger partial charge < -0.3 is 15.1 Å². The minimum absolute atomic E-state index is 0.0716. The molecule has 0 amide bonds. The van der Waals surface area contributed by atoms with Gasteiger partial charge in [0.05, 0.1) is 24.9 Å². The highest BCUT2D eigenvalue weighted by molar-refractivity contribution is 5.13. The van der Waals surface area contributed by atoms with Crippen LogP contribution >= 0.6 is 0 Å². The minimum Gasteiger partial charge on any atom is -0.391 e. The first-order valence-corrected chi connectivity index (χ1v) is 6.56. The molecule has 0 spiro atoms. The van der Waals surface area contributed by atoms with Crippen LogP contribution in [0.1, 0.15) is 24.8 Å². The molecule has 2 aliphatic rings. The van der Waals surface area contributed by atoms with Crippen molar-refractivity contribution >= 4 is 0 Å². The fraction of sp³-hybridized carbons (Fsp3) is 0.571. The molecule has 4 nitrogen and oxygen atoms in total. The van der Waals surface area contributed by atoms with Crippen LogP contribution in [0.4, 0.5) is 0 Å². The summed E-state index contributed by atoms with van der Waals surface area (Å²) >= 11 is 0. The summed E-state index contributed by atoms with van der Waals surface area (Å²) in [5, 5.41) is 21.2. The van der Waals surface area contributed by atoms with Gasteiger partial charge in [0, 0.05) is 6.04 Å². The van der Waals surface area contributed by atoms with Crippen LogP contribution in [-0.4, -0.2) is 39.7 Å². The van der Waals surface area contributed by atoms with E-state index in [1.165, 1.54) is 5.06 Å². The van der Waals surface area contributed by atoms with E-state index in [4.69, 9.17) is 4.74 Å². The summed E-state index contributed by atoms with van der Waals surface area (Å²) < 4.78 is 5.88. The van der Waals surface area contributed by atoms with Gasteiger partial charge in [0.2, 0.25) is 0 Å². The van der Waals surface area contributed by atoms with Crippen LogP contribution in [-0.2, 0) is 11.3 Å². The van der Waals surface area contributed by atoms with Gasteiger partial charge in [-0.05, 0) is 24.8 Å². The molecule has 0 aromatic heterocycles. The zero-order chi connectivity index (χ0) is 12.5. The van der Waals surface area contributed by atoms with E-state index in [0.29, 0.717) is 6.61 Å². The van der Waals surface area contributed by atoms with Gasteiger partial charge in [-0.25, -0.2) is 0 Å². The molecule has 2 heterocycles. The Hall–Kier alpha value is -0.940. The number of hydroxylamine groups is 2. The van der Waals surface area contributed by atoms with E-state index in [-0.39, 0.29) is 18.2 Å². The van der Waals surface area contributed by atoms with E-state index < -0.39 is 6.10 Å². The number of benzene rings is 1. The molecular formula is C14H19NO3. The maximum atomic E-state index is 9.95. The molecule has 0 radical (unpaired) electrons. The van der Waals surface area contributed by atoms with E-state index >= 15 is 0 Å². The molecule has 3 rings (SSSR count). The summed E-state index contributed by atoms with van der Waals surface area (Å²) in [6.07, 6.45) is 1.87. The van der Waals surface area contributed by atoms with Gasteiger partial charge in [0.15, 0.2) is 0 Å². The SMILES string of the molecule is O[C@@H]1CC[C@H]2C[C@@H](OCc3ccccc3)[C@@H]1N2O. The second-order valence-corrected chi connectivity index (χ2v) is 5.24. The summed E-state index contributed by atoms with van der Waals surface area (Å²) in [5.74, 6) is 0. The first-order valence-electron chi connectivity index (χ1n) is 6.56. The number of ether oxygens (including phenoxy) is 1. The largest absolute Gasteiger partial charge is 0.391 e. The van der Waals surface area contributed by atoms with Crippen molar-refractivity contribution in [2.75, 3.05) is 0 Å². The summed E-state index contributed by atoms with van der Waals surface area (Å²) in [4.78, 5) is 0. The Bertz CT molecular complexity index is 397. The van der Waals surface area contributed by atoms with Gasteiger partial charge in [-0.15, -0.1) is 0 Å². The highest BCUT2D eigenvalue weighted by Gasteiger charge is 2.48. The molecule has 2 fully saturated rings. The lowest BCUT2D eigenvalue weighted by Gasteiger charge is -2.33. The summed E-state index contributed by atoms with van der Waals surface area (Å²) in [6, 6.07) is 9.89. The molecule has 2 aliphatic heterocycles. The first kappa shape index (κ1) is 12.1. The molecule has 2 saturated heterocycles. The number of rotatable bonds is 3. The second-order valence-electron chi connectivity index (χ2n) is 5.24. The molecule has 0 aliphatic carbocycles. The van der Waals surface area contributed by atoms with Gasteiger partial charge in [-0.3, -0.25) is 0 Å². The number of piperidine rings is 1. The number of aliphatic hydroxyl groups excluding tert-OH is 1. The third kappa shape index (κ3) is 2.17. The Labute approximate surface area is 107 Å². The first-order chi connectivity index (χ1) is 8.75. The highest BCUT2D eigenvalue weighted by atomic mass is 16.5. The van der Waals surface area contributed by atoms with Gasteiger partial charge in [-0.2, -0.15) is 5.06 Å². The van der Waals surface area contributed by atoms with Crippen LogP contribution in [0.25, 0.3) is 0 Å². The highest BCUT2D eigenvalue weighted by Crippen LogP contribution is 2.36. The molecule has 4 atom stereocenters. The van der Waals surface area contributed by atoms with Crippen LogP contribution in [0.5, 0.6) is 0 Å². The van der Waals surface area contributed by atoms with Crippen molar-refractivity contribution < 1.29 is 15.1 Å². The molecule has 18 heavy (non-hydrogen) atoms. The molecule has 0 unspecified atom stereocenters. The Morgan fingerprint density at radius 3 is 2.78 bits per heavy atom. The minimum atomic E-state index is -0.477. The summed E-state index contributed by atoms with van der Waals surface area (Å²) in [7, 11) is 0. The Balaban J connectivity index is 1.63. The van der Waals surface area contributed by atoms with Crippen LogP contribution in [0.2, 0.25) is 0 Å². The van der Waals surface area contributed by atoms with Gasteiger partial charge in [0.1, 0.15) is 0 Å². The molecule has 1 aromatic carbocycles. The van der Waals surface area contributed by atoms with Crippen molar-refractivity contribution in [2.45, 2.75) is 50.2 Å². The van der Waals surface area contributed by atoms with E-state index in [0.717, 1.165) is 24.8 Å². The summed E-state index contributed by atoms with van der Waals surface area (Å²) in [6.45, 7) is 0.537.